The Hall–Kier alpha value is -1.85. The molecule has 0 saturated carbocycles. The second kappa shape index (κ2) is 4.99. The highest BCUT2D eigenvalue weighted by atomic mass is 19.1. The number of rotatable bonds is 3. The normalized spacial score (nSPS) is 12.0. The Morgan fingerprint density at radius 1 is 1.35 bits per heavy atom. The number of benzene rings is 1. The third kappa shape index (κ3) is 2.64. The predicted octanol–water partition coefficient (Wildman–Crippen LogP) is 1.90. The van der Waals surface area contributed by atoms with Crippen molar-refractivity contribution in [2.75, 3.05) is 11.9 Å². The van der Waals surface area contributed by atoms with Gasteiger partial charge < -0.3 is 15.8 Å². The maximum Gasteiger partial charge on any atom is 0.170 e. The zero-order valence-corrected chi connectivity index (χ0v) is 9.91. The van der Waals surface area contributed by atoms with E-state index >= 15 is 0 Å². The molecule has 0 atom stereocenters. The van der Waals surface area contributed by atoms with Crippen LogP contribution in [0.2, 0.25) is 0 Å². The van der Waals surface area contributed by atoms with Crippen LogP contribution in [-0.2, 0) is 0 Å². The van der Waals surface area contributed by atoms with Gasteiger partial charge >= 0.3 is 0 Å². The van der Waals surface area contributed by atoms with Crippen LogP contribution in [-0.4, -0.2) is 24.1 Å². The molecule has 0 saturated heterocycles. The average Bonchev–Trinajstić information content (AvgIpc) is 2.26. The summed E-state index contributed by atoms with van der Waals surface area (Å²) in [6, 6.07) is 2.02. The molecule has 4 nitrogen and oxygen atoms in total. The second-order valence-electron chi connectivity index (χ2n) is 3.98. The number of nitrogens with zero attached hydrogens (tertiary/aromatic N) is 2. The van der Waals surface area contributed by atoms with Gasteiger partial charge in [0.15, 0.2) is 5.84 Å². The molecule has 0 spiro atoms. The van der Waals surface area contributed by atoms with Crippen molar-refractivity contribution in [3.05, 3.63) is 29.3 Å². The summed E-state index contributed by atoms with van der Waals surface area (Å²) in [4.78, 5) is 1.47. The lowest BCUT2D eigenvalue weighted by atomic mass is 10.1. The van der Waals surface area contributed by atoms with E-state index in [2.05, 4.69) is 5.16 Å². The van der Waals surface area contributed by atoms with Crippen molar-refractivity contribution in [3.8, 4) is 0 Å². The summed E-state index contributed by atoms with van der Waals surface area (Å²) in [6.45, 7) is 3.63. The summed E-state index contributed by atoms with van der Waals surface area (Å²) in [5.74, 6) is -1.83. The van der Waals surface area contributed by atoms with Crippen LogP contribution in [0.15, 0.2) is 17.3 Å². The van der Waals surface area contributed by atoms with Crippen molar-refractivity contribution in [3.63, 3.8) is 0 Å². The van der Waals surface area contributed by atoms with Gasteiger partial charge in [-0.2, -0.15) is 0 Å². The fourth-order valence-corrected chi connectivity index (χ4v) is 1.37. The molecule has 17 heavy (non-hydrogen) atoms. The summed E-state index contributed by atoms with van der Waals surface area (Å²) in [5.41, 5.74) is 5.14. The first-order valence-corrected chi connectivity index (χ1v) is 5.08. The van der Waals surface area contributed by atoms with Crippen LogP contribution in [0.5, 0.6) is 0 Å². The second-order valence-corrected chi connectivity index (χ2v) is 3.98. The molecule has 1 aromatic rings. The van der Waals surface area contributed by atoms with E-state index in [1.807, 2.05) is 13.8 Å². The molecule has 0 aliphatic carbocycles. The molecule has 0 aliphatic rings. The van der Waals surface area contributed by atoms with Crippen molar-refractivity contribution >= 4 is 11.5 Å². The van der Waals surface area contributed by atoms with Gasteiger partial charge in [-0.15, -0.1) is 0 Å². The number of amidine groups is 1. The highest BCUT2D eigenvalue weighted by Gasteiger charge is 2.18. The lowest BCUT2D eigenvalue weighted by Crippen LogP contribution is -2.28. The molecule has 3 N–H and O–H groups in total. The van der Waals surface area contributed by atoms with E-state index in [-0.39, 0.29) is 23.1 Å². The van der Waals surface area contributed by atoms with Crippen molar-refractivity contribution in [1.82, 2.24) is 0 Å². The van der Waals surface area contributed by atoms with Gasteiger partial charge in [0, 0.05) is 18.7 Å². The summed E-state index contributed by atoms with van der Waals surface area (Å²) in [6.07, 6.45) is 0. The lowest BCUT2D eigenvalue weighted by Gasteiger charge is -2.25. The fraction of sp³-hybridized carbons (Fsp3) is 0.364. The molecule has 6 heteroatoms. The van der Waals surface area contributed by atoms with E-state index in [0.29, 0.717) is 0 Å². The largest absolute Gasteiger partial charge is 0.409 e. The number of hydrogen-bond acceptors (Lipinski definition) is 3. The minimum atomic E-state index is -0.747. The highest BCUT2D eigenvalue weighted by molar-refractivity contribution is 5.97. The molecule has 1 aromatic carbocycles. The smallest absolute Gasteiger partial charge is 0.170 e. The van der Waals surface area contributed by atoms with Crippen LogP contribution in [0, 0.1) is 11.6 Å². The monoisotopic (exact) mass is 243 g/mol. The van der Waals surface area contributed by atoms with E-state index in [0.717, 1.165) is 12.1 Å². The quantitative estimate of drug-likeness (QED) is 0.369. The molecule has 0 aromatic heterocycles. The Bertz CT molecular complexity index is 423. The summed E-state index contributed by atoms with van der Waals surface area (Å²) in [5, 5.41) is 11.1. The van der Waals surface area contributed by atoms with Crippen molar-refractivity contribution in [2.24, 2.45) is 10.9 Å². The molecule has 94 valence electrons. The van der Waals surface area contributed by atoms with Gasteiger partial charge in [0.2, 0.25) is 0 Å². The van der Waals surface area contributed by atoms with Gasteiger partial charge in [0.25, 0.3) is 0 Å². The molecule has 0 unspecified atom stereocenters. The maximum absolute atomic E-state index is 13.7. The molecule has 0 fully saturated rings. The van der Waals surface area contributed by atoms with Crippen LogP contribution < -0.4 is 10.6 Å². The minimum absolute atomic E-state index is 0.00315. The molecular weight excluding hydrogens is 228 g/mol. The predicted molar refractivity (Wildman–Crippen MR) is 62.4 cm³/mol. The van der Waals surface area contributed by atoms with Gasteiger partial charge in [-0.05, 0) is 26.0 Å². The number of oxime groups is 1. The minimum Gasteiger partial charge on any atom is -0.409 e. The van der Waals surface area contributed by atoms with E-state index in [4.69, 9.17) is 10.9 Å². The third-order valence-corrected chi connectivity index (χ3v) is 2.55. The topological polar surface area (TPSA) is 61.8 Å². The Morgan fingerprint density at radius 3 is 2.18 bits per heavy atom. The van der Waals surface area contributed by atoms with Crippen LogP contribution in [0.3, 0.4) is 0 Å². The zero-order chi connectivity index (χ0) is 13.2. The van der Waals surface area contributed by atoms with E-state index in [1.165, 1.54) is 4.90 Å². The number of halogens is 2. The van der Waals surface area contributed by atoms with Crippen molar-refractivity contribution < 1.29 is 14.0 Å². The molecule has 0 heterocycles. The first-order valence-electron chi connectivity index (χ1n) is 5.08. The zero-order valence-electron chi connectivity index (χ0n) is 9.91. The first-order chi connectivity index (χ1) is 7.88. The van der Waals surface area contributed by atoms with Gasteiger partial charge in [-0.25, -0.2) is 8.78 Å². The summed E-state index contributed by atoms with van der Waals surface area (Å²) in [7, 11) is 1.59. The van der Waals surface area contributed by atoms with Crippen LogP contribution in [0.1, 0.15) is 19.4 Å². The summed E-state index contributed by atoms with van der Waals surface area (Å²) < 4.78 is 27.5. The number of anilines is 1. The SMILES string of the molecule is CC(C)N(C)c1c(F)cc(C(N)=NO)cc1F. The van der Waals surface area contributed by atoms with Gasteiger partial charge in [-0.1, -0.05) is 5.16 Å². The summed E-state index contributed by atoms with van der Waals surface area (Å²) >= 11 is 0. The van der Waals surface area contributed by atoms with Crippen LogP contribution >= 0.6 is 0 Å². The van der Waals surface area contributed by atoms with Crippen molar-refractivity contribution in [1.29, 1.82) is 0 Å². The van der Waals surface area contributed by atoms with Crippen LogP contribution in [0.25, 0.3) is 0 Å². The Balaban J connectivity index is 3.29. The first kappa shape index (κ1) is 13.2. The van der Waals surface area contributed by atoms with Gasteiger partial charge in [-0.3, -0.25) is 0 Å². The Kier molecular flexibility index (Phi) is 3.88. The van der Waals surface area contributed by atoms with E-state index in [1.54, 1.807) is 7.05 Å². The van der Waals surface area contributed by atoms with Gasteiger partial charge in [0.1, 0.15) is 17.3 Å². The van der Waals surface area contributed by atoms with E-state index in [9.17, 15) is 8.78 Å². The number of hydrogen-bond donors (Lipinski definition) is 2. The standard InChI is InChI=1S/C11H15F2N3O/c1-6(2)16(3)10-8(12)4-7(5-9(10)13)11(14)15-17/h4-6,17H,1-3H3,(H2,14,15). The number of nitrogens with two attached hydrogens (primary N) is 1. The lowest BCUT2D eigenvalue weighted by molar-refractivity contribution is 0.318. The van der Waals surface area contributed by atoms with Crippen molar-refractivity contribution in [2.45, 2.75) is 19.9 Å². The molecule has 1 rings (SSSR count). The van der Waals surface area contributed by atoms with Crippen LogP contribution in [0.4, 0.5) is 14.5 Å². The molecular formula is C11H15F2N3O. The molecule has 0 amide bonds. The highest BCUT2D eigenvalue weighted by Crippen LogP contribution is 2.25. The Morgan fingerprint density at radius 2 is 1.82 bits per heavy atom. The molecule has 0 bridgehead atoms. The average molecular weight is 243 g/mol. The fourth-order valence-electron chi connectivity index (χ4n) is 1.37. The third-order valence-electron chi connectivity index (χ3n) is 2.55. The maximum atomic E-state index is 13.7. The van der Waals surface area contributed by atoms with Gasteiger partial charge in [0.05, 0.1) is 0 Å². The molecule has 0 aliphatic heterocycles. The Labute approximate surface area is 98.3 Å². The molecule has 0 radical (unpaired) electrons. The van der Waals surface area contributed by atoms with E-state index < -0.39 is 11.6 Å².